The van der Waals surface area contributed by atoms with Gasteiger partial charge < -0.3 is 10.1 Å². The lowest BCUT2D eigenvalue weighted by atomic mass is 10.2. The summed E-state index contributed by atoms with van der Waals surface area (Å²) in [5.41, 5.74) is 2.98. The molecule has 5 nitrogen and oxygen atoms in total. The van der Waals surface area contributed by atoms with E-state index in [2.05, 4.69) is 16.4 Å². The van der Waals surface area contributed by atoms with Gasteiger partial charge in [0, 0.05) is 22.2 Å². The summed E-state index contributed by atoms with van der Waals surface area (Å²) in [4.78, 5) is 16.4. The van der Waals surface area contributed by atoms with E-state index in [1.165, 1.54) is 24.6 Å². The molecule has 0 saturated carbocycles. The number of allylic oxidation sites excluding steroid dienone is 1. The van der Waals surface area contributed by atoms with E-state index in [1.54, 1.807) is 36.4 Å². The predicted octanol–water partition coefficient (Wildman–Crippen LogP) is 5.23. The molecule has 0 radical (unpaired) electrons. The molecule has 0 saturated heterocycles. The Hall–Kier alpha value is -3.14. The number of ether oxygens (including phenoxy) is 1. The molecule has 0 aliphatic rings. The minimum atomic E-state index is -0.454. The molecule has 1 heterocycles. The SMILES string of the molecule is COC(=O)c1ccccc1NC=C(C#N)c1nc(-c2ccc(Cl)cc2)cs1. The summed E-state index contributed by atoms with van der Waals surface area (Å²) < 4.78 is 4.77. The van der Waals surface area contributed by atoms with Gasteiger partial charge in [0.05, 0.1) is 24.1 Å². The molecule has 0 amide bonds. The fourth-order valence-corrected chi connectivity index (χ4v) is 3.26. The van der Waals surface area contributed by atoms with Crippen LogP contribution in [0.4, 0.5) is 5.69 Å². The fraction of sp³-hybridized carbons (Fsp3) is 0.0500. The van der Waals surface area contributed by atoms with Crippen LogP contribution in [0, 0.1) is 11.3 Å². The molecule has 2 aromatic carbocycles. The minimum Gasteiger partial charge on any atom is -0.465 e. The maximum atomic E-state index is 11.8. The Balaban J connectivity index is 1.85. The Bertz CT molecular complexity index is 1040. The van der Waals surface area contributed by atoms with Crippen LogP contribution in [0.3, 0.4) is 0 Å². The number of esters is 1. The molecular formula is C20H14ClN3O2S. The molecule has 0 bridgehead atoms. The number of benzene rings is 2. The molecule has 0 spiro atoms. The molecule has 134 valence electrons. The van der Waals surface area contributed by atoms with E-state index in [0.717, 1.165) is 11.3 Å². The number of anilines is 1. The second-order valence-electron chi connectivity index (χ2n) is 5.40. The van der Waals surface area contributed by atoms with E-state index >= 15 is 0 Å². The molecule has 0 fully saturated rings. The van der Waals surface area contributed by atoms with Crippen LogP contribution < -0.4 is 5.32 Å². The quantitative estimate of drug-likeness (QED) is 0.473. The van der Waals surface area contributed by atoms with Gasteiger partial charge in [0.2, 0.25) is 0 Å². The average Bonchev–Trinajstić information content (AvgIpc) is 3.18. The maximum absolute atomic E-state index is 11.8. The number of nitriles is 1. The molecule has 3 aromatic rings. The third-order valence-corrected chi connectivity index (χ3v) is 4.83. The third-order valence-electron chi connectivity index (χ3n) is 3.70. The van der Waals surface area contributed by atoms with Crippen molar-refractivity contribution in [3.63, 3.8) is 0 Å². The average molecular weight is 396 g/mol. The number of carbonyl (C=O) groups is 1. The Labute approximate surface area is 165 Å². The van der Waals surface area contributed by atoms with Crippen LogP contribution in [-0.2, 0) is 4.74 Å². The fourth-order valence-electron chi connectivity index (χ4n) is 2.34. The maximum Gasteiger partial charge on any atom is 0.339 e. The number of nitrogens with one attached hydrogen (secondary N) is 1. The molecule has 27 heavy (non-hydrogen) atoms. The largest absolute Gasteiger partial charge is 0.465 e. The van der Waals surface area contributed by atoms with E-state index in [4.69, 9.17) is 16.3 Å². The van der Waals surface area contributed by atoms with Crippen molar-refractivity contribution in [3.8, 4) is 17.3 Å². The highest BCUT2D eigenvalue weighted by Gasteiger charge is 2.12. The van der Waals surface area contributed by atoms with Crippen LogP contribution in [0.25, 0.3) is 16.8 Å². The number of hydrogen-bond donors (Lipinski definition) is 1. The summed E-state index contributed by atoms with van der Waals surface area (Å²) in [6.45, 7) is 0. The number of hydrogen-bond acceptors (Lipinski definition) is 6. The zero-order chi connectivity index (χ0) is 19.2. The first-order valence-electron chi connectivity index (χ1n) is 7.88. The van der Waals surface area contributed by atoms with Gasteiger partial charge in [0.1, 0.15) is 16.6 Å². The normalized spacial score (nSPS) is 10.9. The van der Waals surface area contributed by atoms with Crippen molar-refractivity contribution in [2.75, 3.05) is 12.4 Å². The summed E-state index contributed by atoms with van der Waals surface area (Å²) >= 11 is 7.28. The van der Waals surface area contributed by atoms with Crippen molar-refractivity contribution in [2.24, 2.45) is 0 Å². The number of halogens is 1. The predicted molar refractivity (Wildman–Crippen MR) is 108 cm³/mol. The summed E-state index contributed by atoms with van der Waals surface area (Å²) in [7, 11) is 1.32. The molecule has 0 aliphatic heterocycles. The Morgan fingerprint density at radius 3 is 2.70 bits per heavy atom. The number of aromatic nitrogens is 1. The zero-order valence-corrected chi connectivity index (χ0v) is 15.8. The van der Waals surface area contributed by atoms with Gasteiger partial charge in [-0.05, 0) is 24.3 Å². The number of para-hydroxylation sites is 1. The van der Waals surface area contributed by atoms with Crippen molar-refractivity contribution in [1.29, 1.82) is 5.26 Å². The van der Waals surface area contributed by atoms with Gasteiger partial charge in [-0.3, -0.25) is 0 Å². The van der Waals surface area contributed by atoms with Crippen molar-refractivity contribution in [1.82, 2.24) is 4.98 Å². The topological polar surface area (TPSA) is 75.0 Å². The highest BCUT2D eigenvalue weighted by molar-refractivity contribution is 7.11. The Kier molecular flexibility index (Phi) is 5.87. The minimum absolute atomic E-state index is 0.361. The first kappa shape index (κ1) is 18.6. The van der Waals surface area contributed by atoms with Crippen LogP contribution in [0.2, 0.25) is 5.02 Å². The smallest absolute Gasteiger partial charge is 0.339 e. The van der Waals surface area contributed by atoms with Crippen LogP contribution in [0.1, 0.15) is 15.4 Å². The number of nitrogens with zero attached hydrogens (tertiary/aromatic N) is 2. The van der Waals surface area contributed by atoms with E-state index in [9.17, 15) is 10.1 Å². The monoisotopic (exact) mass is 395 g/mol. The number of thiazole rings is 1. The van der Waals surface area contributed by atoms with Crippen LogP contribution >= 0.6 is 22.9 Å². The van der Waals surface area contributed by atoms with Gasteiger partial charge in [-0.1, -0.05) is 35.9 Å². The highest BCUT2D eigenvalue weighted by Crippen LogP contribution is 2.27. The standard InChI is InChI=1S/C20H14ClN3O2S/c1-26-20(25)16-4-2-3-5-17(16)23-11-14(10-22)19-24-18(12-27-19)13-6-8-15(21)9-7-13/h2-9,11-12,23H,1H3. The number of methoxy groups -OCH3 is 1. The van der Waals surface area contributed by atoms with E-state index in [0.29, 0.717) is 26.9 Å². The van der Waals surface area contributed by atoms with E-state index < -0.39 is 5.97 Å². The van der Waals surface area contributed by atoms with Gasteiger partial charge in [-0.25, -0.2) is 9.78 Å². The Morgan fingerprint density at radius 2 is 2.00 bits per heavy atom. The van der Waals surface area contributed by atoms with Crippen LogP contribution in [0.15, 0.2) is 60.1 Å². The molecular weight excluding hydrogens is 382 g/mol. The summed E-state index contributed by atoms with van der Waals surface area (Å²) in [5.74, 6) is -0.454. The second kappa shape index (κ2) is 8.49. The van der Waals surface area contributed by atoms with Gasteiger partial charge in [-0.2, -0.15) is 5.26 Å². The molecule has 0 unspecified atom stereocenters. The number of carbonyl (C=O) groups excluding carboxylic acids is 1. The van der Waals surface area contributed by atoms with Gasteiger partial charge in [0.25, 0.3) is 0 Å². The molecule has 0 aliphatic carbocycles. The first-order chi connectivity index (χ1) is 13.1. The first-order valence-corrected chi connectivity index (χ1v) is 9.14. The van der Waals surface area contributed by atoms with Crippen LogP contribution in [0.5, 0.6) is 0 Å². The third kappa shape index (κ3) is 4.34. The van der Waals surface area contributed by atoms with Crippen molar-refractivity contribution in [3.05, 3.63) is 75.7 Å². The van der Waals surface area contributed by atoms with Crippen molar-refractivity contribution < 1.29 is 9.53 Å². The summed E-state index contributed by atoms with van der Waals surface area (Å²) in [5, 5.41) is 15.6. The molecule has 3 rings (SSSR count). The van der Waals surface area contributed by atoms with Crippen molar-refractivity contribution in [2.45, 2.75) is 0 Å². The molecule has 1 aromatic heterocycles. The Morgan fingerprint density at radius 1 is 1.26 bits per heavy atom. The molecule has 0 atom stereocenters. The lowest BCUT2D eigenvalue weighted by Gasteiger charge is -2.07. The highest BCUT2D eigenvalue weighted by atomic mass is 35.5. The summed E-state index contributed by atoms with van der Waals surface area (Å²) in [6.07, 6.45) is 1.53. The van der Waals surface area contributed by atoms with Gasteiger partial charge in [-0.15, -0.1) is 11.3 Å². The van der Waals surface area contributed by atoms with E-state index in [1.807, 2.05) is 17.5 Å². The number of rotatable bonds is 5. The van der Waals surface area contributed by atoms with Gasteiger partial charge >= 0.3 is 5.97 Å². The lowest BCUT2D eigenvalue weighted by Crippen LogP contribution is -2.05. The molecule has 1 N–H and O–H groups in total. The summed E-state index contributed by atoms with van der Waals surface area (Å²) in [6, 6.07) is 16.4. The van der Waals surface area contributed by atoms with E-state index in [-0.39, 0.29) is 0 Å². The van der Waals surface area contributed by atoms with Crippen LogP contribution in [-0.4, -0.2) is 18.1 Å². The second-order valence-corrected chi connectivity index (χ2v) is 6.69. The lowest BCUT2D eigenvalue weighted by molar-refractivity contribution is 0.0602. The molecule has 7 heteroatoms. The van der Waals surface area contributed by atoms with Crippen molar-refractivity contribution >= 4 is 40.2 Å². The van der Waals surface area contributed by atoms with Gasteiger partial charge in [0.15, 0.2) is 0 Å². The zero-order valence-electron chi connectivity index (χ0n) is 14.3.